The quantitative estimate of drug-likeness (QED) is 0.523. The number of nitrogens with zero attached hydrogens (tertiary/aromatic N) is 1. The third kappa shape index (κ3) is 4.17. The molecule has 8 nitrogen and oxygen atoms in total. The summed E-state index contributed by atoms with van der Waals surface area (Å²) < 4.78 is 4.76. The van der Waals surface area contributed by atoms with Crippen LogP contribution in [0.25, 0.3) is 11.3 Å². The van der Waals surface area contributed by atoms with Crippen molar-refractivity contribution < 1.29 is 24.2 Å². The summed E-state index contributed by atoms with van der Waals surface area (Å²) in [6, 6.07) is 16.4. The Kier molecular flexibility index (Phi) is 5.77. The van der Waals surface area contributed by atoms with E-state index in [1.54, 1.807) is 24.3 Å². The average Bonchev–Trinajstić information content (AvgIpc) is 3.14. The van der Waals surface area contributed by atoms with Gasteiger partial charge in [0.25, 0.3) is 0 Å². The van der Waals surface area contributed by atoms with Crippen LogP contribution in [-0.2, 0) is 14.3 Å². The van der Waals surface area contributed by atoms with Gasteiger partial charge in [-0.05, 0) is 23.3 Å². The number of aromatic nitrogens is 2. The zero-order valence-electron chi connectivity index (χ0n) is 16.5. The fourth-order valence-electron chi connectivity index (χ4n) is 3.47. The molecule has 1 aliphatic heterocycles. The van der Waals surface area contributed by atoms with E-state index >= 15 is 0 Å². The molecule has 0 radical (unpaired) electrons. The number of benzene rings is 2. The molecular formula is C22H19N3O5S. The monoisotopic (exact) mass is 437 g/mol. The lowest BCUT2D eigenvalue weighted by atomic mass is 9.99. The molecule has 1 aromatic heterocycles. The highest BCUT2D eigenvalue weighted by Gasteiger charge is 2.36. The highest BCUT2D eigenvalue weighted by molar-refractivity contribution is 8.01. The molecule has 9 heteroatoms. The number of carbonyl (C=O) groups excluding carboxylic acids is 2. The van der Waals surface area contributed by atoms with E-state index in [9.17, 15) is 19.5 Å². The number of amides is 1. The van der Waals surface area contributed by atoms with Gasteiger partial charge in [-0.25, -0.2) is 4.79 Å². The van der Waals surface area contributed by atoms with Gasteiger partial charge in [-0.15, -0.1) is 11.8 Å². The number of aromatic amines is 1. The Hall–Kier alpha value is -3.59. The van der Waals surface area contributed by atoms with Crippen molar-refractivity contribution in [3.8, 4) is 11.3 Å². The molecular weight excluding hydrogens is 418 g/mol. The first kappa shape index (κ1) is 20.7. The first-order chi connectivity index (χ1) is 15.0. The summed E-state index contributed by atoms with van der Waals surface area (Å²) in [5, 5.41) is 18.2. The van der Waals surface area contributed by atoms with Gasteiger partial charge in [0.1, 0.15) is 0 Å². The number of hydrogen-bond acceptors (Lipinski definition) is 6. The molecule has 0 bridgehead atoms. The van der Waals surface area contributed by atoms with Gasteiger partial charge in [-0.2, -0.15) is 5.10 Å². The van der Waals surface area contributed by atoms with E-state index in [2.05, 4.69) is 15.5 Å². The third-order valence-electron chi connectivity index (χ3n) is 4.96. The smallest absolute Gasteiger partial charge is 0.337 e. The number of carboxylic acid groups (broad SMARTS) is 1. The average molecular weight is 437 g/mol. The highest BCUT2D eigenvalue weighted by Crippen LogP contribution is 2.47. The van der Waals surface area contributed by atoms with Crippen molar-refractivity contribution in [2.24, 2.45) is 0 Å². The molecule has 4 rings (SSSR count). The summed E-state index contributed by atoms with van der Waals surface area (Å²) >= 11 is 1.25. The minimum atomic E-state index is -1.06. The van der Waals surface area contributed by atoms with Crippen molar-refractivity contribution in [2.45, 2.75) is 16.9 Å². The molecule has 2 atom stereocenters. The number of hydrogen-bond donors (Lipinski definition) is 3. The summed E-state index contributed by atoms with van der Waals surface area (Å²) in [4.78, 5) is 35.9. The summed E-state index contributed by atoms with van der Waals surface area (Å²) in [6.45, 7) is 0. The van der Waals surface area contributed by atoms with E-state index in [1.165, 1.54) is 18.9 Å². The number of nitrogens with one attached hydrogen (secondary N) is 2. The van der Waals surface area contributed by atoms with E-state index in [1.807, 2.05) is 30.3 Å². The van der Waals surface area contributed by atoms with Crippen molar-refractivity contribution in [1.82, 2.24) is 10.2 Å². The molecule has 1 amide bonds. The number of carboxylic acids is 1. The number of ether oxygens (including phenoxy) is 1. The number of esters is 1. The minimum Gasteiger partial charge on any atom is -0.481 e. The van der Waals surface area contributed by atoms with Gasteiger partial charge >= 0.3 is 11.9 Å². The maximum Gasteiger partial charge on any atom is 0.337 e. The standard InChI is InChI=1S/C22H19N3O5S/c1-30-22(29)14-9-7-13(8-10-14)19-17-18(12-5-3-2-4-6-12)24-25-20(17)23-21(28)15(31-19)11-16(26)27/h2-10,15,19H,11H2,1H3,(H,26,27)(H2,23,24,25,28). The first-order valence-electron chi connectivity index (χ1n) is 9.48. The van der Waals surface area contributed by atoms with Gasteiger partial charge in [0.15, 0.2) is 5.82 Å². The number of fused-ring (bicyclic) bond motifs is 1. The summed E-state index contributed by atoms with van der Waals surface area (Å²) in [6.07, 6.45) is -0.318. The Labute approximate surface area is 182 Å². The Bertz CT molecular complexity index is 1130. The van der Waals surface area contributed by atoms with Crippen molar-refractivity contribution in [3.05, 3.63) is 71.3 Å². The van der Waals surface area contributed by atoms with Crippen LogP contribution in [0.5, 0.6) is 0 Å². The van der Waals surface area contributed by atoms with Gasteiger partial charge in [-0.3, -0.25) is 14.7 Å². The Morgan fingerprint density at radius 1 is 1.13 bits per heavy atom. The molecule has 2 unspecified atom stereocenters. The fourth-order valence-corrected chi connectivity index (χ4v) is 4.90. The third-order valence-corrected chi connectivity index (χ3v) is 6.45. The van der Waals surface area contributed by atoms with Crippen molar-refractivity contribution in [2.75, 3.05) is 12.4 Å². The van der Waals surface area contributed by atoms with Gasteiger partial charge in [0.2, 0.25) is 5.91 Å². The Morgan fingerprint density at radius 3 is 2.48 bits per heavy atom. The zero-order valence-corrected chi connectivity index (χ0v) is 17.3. The van der Waals surface area contributed by atoms with Crippen molar-refractivity contribution in [1.29, 1.82) is 0 Å². The molecule has 2 aromatic carbocycles. The molecule has 0 saturated carbocycles. The SMILES string of the molecule is COC(=O)c1ccc(C2SC(CC(=O)O)C(=O)Nc3n[nH]c(-c4ccccc4)c32)cc1. The van der Waals surface area contributed by atoms with E-state index in [0.29, 0.717) is 11.4 Å². The van der Waals surface area contributed by atoms with Crippen LogP contribution < -0.4 is 5.32 Å². The molecule has 3 N–H and O–H groups in total. The molecule has 0 fully saturated rings. The van der Waals surface area contributed by atoms with Gasteiger partial charge in [0.05, 0.1) is 35.3 Å². The van der Waals surface area contributed by atoms with Gasteiger partial charge < -0.3 is 15.2 Å². The van der Waals surface area contributed by atoms with Crippen LogP contribution >= 0.6 is 11.8 Å². The maximum atomic E-state index is 12.7. The highest BCUT2D eigenvalue weighted by atomic mass is 32.2. The second-order valence-corrected chi connectivity index (χ2v) is 8.24. The Morgan fingerprint density at radius 2 is 1.84 bits per heavy atom. The van der Waals surface area contributed by atoms with Gasteiger partial charge in [-0.1, -0.05) is 42.5 Å². The molecule has 0 spiro atoms. The minimum absolute atomic E-state index is 0.318. The molecule has 2 heterocycles. The molecule has 1 aliphatic rings. The number of thioether (sulfide) groups is 1. The second-order valence-electron chi connectivity index (χ2n) is 6.93. The van der Waals surface area contributed by atoms with Crippen LogP contribution in [0.1, 0.15) is 33.2 Å². The molecule has 31 heavy (non-hydrogen) atoms. The lowest BCUT2D eigenvalue weighted by Crippen LogP contribution is -2.26. The van der Waals surface area contributed by atoms with Crippen molar-refractivity contribution >= 4 is 35.4 Å². The van der Waals surface area contributed by atoms with Crippen LogP contribution in [0.15, 0.2) is 54.6 Å². The predicted octanol–water partition coefficient (Wildman–Crippen LogP) is 3.48. The molecule has 0 saturated heterocycles. The topological polar surface area (TPSA) is 121 Å². The maximum absolute atomic E-state index is 12.7. The summed E-state index contributed by atoms with van der Waals surface area (Å²) in [5.41, 5.74) is 3.59. The summed E-state index contributed by atoms with van der Waals surface area (Å²) in [7, 11) is 1.31. The van der Waals surface area contributed by atoms with Gasteiger partial charge in [0, 0.05) is 5.56 Å². The predicted molar refractivity (Wildman–Crippen MR) is 116 cm³/mol. The van der Waals surface area contributed by atoms with Crippen LogP contribution in [-0.4, -0.2) is 45.5 Å². The number of carbonyl (C=O) groups is 3. The number of aliphatic carboxylic acids is 1. The Balaban J connectivity index is 1.82. The second kappa shape index (κ2) is 8.65. The fraction of sp³-hybridized carbons (Fsp3) is 0.182. The van der Waals surface area contributed by atoms with Crippen LogP contribution in [0.2, 0.25) is 0 Å². The molecule has 0 aliphatic carbocycles. The normalized spacial score (nSPS) is 17.9. The largest absolute Gasteiger partial charge is 0.481 e. The number of methoxy groups -OCH3 is 1. The lowest BCUT2D eigenvalue weighted by Gasteiger charge is -2.20. The lowest BCUT2D eigenvalue weighted by molar-refractivity contribution is -0.138. The summed E-state index contributed by atoms with van der Waals surface area (Å²) in [5.74, 6) is -1.55. The zero-order chi connectivity index (χ0) is 22.0. The molecule has 3 aromatic rings. The van der Waals surface area contributed by atoms with E-state index in [4.69, 9.17) is 4.74 Å². The number of anilines is 1. The first-order valence-corrected chi connectivity index (χ1v) is 10.4. The van der Waals surface area contributed by atoms with Crippen LogP contribution in [0.3, 0.4) is 0 Å². The van der Waals surface area contributed by atoms with E-state index < -0.39 is 23.1 Å². The number of H-pyrrole nitrogens is 1. The van der Waals surface area contributed by atoms with Crippen molar-refractivity contribution in [3.63, 3.8) is 0 Å². The van der Waals surface area contributed by atoms with E-state index in [0.717, 1.165) is 22.4 Å². The number of rotatable bonds is 5. The molecule has 158 valence electrons. The van der Waals surface area contributed by atoms with Crippen LogP contribution in [0, 0.1) is 0 Å². The van der Waals surface area contributed by atoms with E-state index in [-0.39, 0.29) is 11.7 Å². The van der Waals surface area contributed by atoms with Crippen LogP contribution in [0.4, 0.5) is 5.82 Å².